The van der Waals surface area contributed by atoms with Crippen LogP contribution in [0.25, 0.3) is 0 Å². The molecular formula is C36H73N2O6P. The minimum atomic E-state index is -4.30. The van der Waals surface area contributed by atoms with Gasteiger partial charge in [0.15, 0.2) is 0 Å². The van der Waals surface area contributed by atoms with Gasteiger partial charge in [-0.3, -0.25) is 13.8 Å². The summed E-state index contributed by atoms with van der Waals surface area (Å²) in [7, 11) is -4.30. The number of carbonyl (C=O) groups excluding carboxylic acids is 1. The topological polar surface area (TPSA) is 131 Å². The molecule has 0 rings (SSSR count). The molecule has 0 saturated heterocycles. The zero-order chi connectivity index (χ0) is 33.3. The molecule has 1 amide bonds. The van der Waals surface area contributed by atoms with Gasteiger partial charge in [0.05, 0.1) is 25.4 Å². The summed E-state index contributed by atoms with van der Waals surface area (Å²) in [6, 6.07) is -0.773. The number of phosphoric acid groups is 1. The van der Waals surface area contributed by atoms with Crippen molar-refractivity contribution in [2.45, 2.75) is 193 Å². The molecule has 0 heterocycles. The van der Waals surface area contributed by atoms with E-state index in [2.05, 4.69) is 31.3 Å². The van der Waals surface area contributed by atoms with Gasteiger partial charge in [0.1, 0.15) is 0 Å². The molecule has 0 aliphatic rings. The van der Waals surface area contributed by atoms with Crippen LogP contribution in [0.5, 0.6) is 0 Å². The van der Waals surface area contributed by atoms with E-state index in [0.29, 0.717) is 12.8 Å². The summed E-state index contributed by atoms with van der Waals surface area (Å²) in [6.45, 7) is 4.15. The van der Waals surface area contributed by atoms with Crippen LogP contribution in [0.4, 0.5) is 0 Å². The van der Waals surface area contributed by atoms with Crippen molar-refractivity contribution >= 4 is 13.7 Å². The average Bonchev–Trinajstić information content (AvgIpc) is 3.02. The van der Waals surface area contributed by atoms with Crippen molar-refractivity contribution in [2.75, 3.05) is 19.8 Å². The number of amides is 1. The number of nitrogens with one attached hydrogen (secondary N) is 1. The van der Waals surface area contributed by atoms with Crippen molar-refractivity contribution in [1.29, 1.82) is 0 Å². The van der Waals surface area contributed by atoms with E-state index in [4.69, 9.17) is 14.8 Å². The first-order valence-electron chi connectivity index (χ1n) is 18.8. The van der Waals surface area contributed by atoms with Crippen LogP contribution in [0, 0.1) is 0 Å². The Morgan fingerprint density at radius 1 is 0.711 bits per heavy atom. The molecule has 0 aromatic rings. The number of unbranched alkanes of at least 4 members (excludes halogenated alkanes) is 21. The fourth-order valence-electron chi connectivity index (χ4n) is 5.47. The highest BCUT2D eigenvalue weighted by molar-refractivity contribution is 7.47. The molecule has 0 aromatic heterocycles. The van der Waals surface area contributed by atoms with Crippen LogP contribution in [0.3, 0.4) is 0 Å². The zero-order valence-corrected chi connectivity index (χ0v) is 30.3. The summed E-state index contributed by atoms with van der Waals surface area (Å²) in [6.07, 6.45) is 33.6. The van der Waals surface area contributed by atoms with Gasteiger partial charge < -0.3 is 21.1 Å². The first-order valence-corrected chi connectivity index (χ1v) is 20.3. The molecular weight excluding hydrogens is 587 g/mol. The van der Waals surface area contributed by atoms with Gasteiger partial charge >= 0.3 is 7.82 Å². The minimum absolute atomic E-state index is 0.0888. The van der Waals surface area contributed by atoms with E-state index in [-0.39, 0.29) is 25.7 Å². The number of allylic oxidation sites excluding steroid dienone is 2. The second-order valence-corrected chi connectivity index (χ2v) is 14.2. The van der Waals surface area contributed by atoms with E-state index < -0.39 is 20.0 Å². The second-order valence-electron chi connectivity index (χ2n) is 12.8. The average molecular weight is 661 g/mol. The SMILES string of the molecule is CCCC/C=C\CCCCCCCC(=O)NC(COP(=O)(O)OCCN)C(O)CCCCCCCCCCCCCCCCC. The van der Waals surface area contributed by atoms with Crippen LogP contribution < -0.4 is 11.1 Å². The van der Waals surface area contributed by atoms with Gasteiger partial charge in [0.25, 0.3) is 0 Å². The van der Waals surface area contributed by atoms with Gasteiger partial charge in [-0.25, -0.2) is 4.57 Å². The Hall–Kier alpha value is -0.760. The molecule has 0 bridgehead atoms. The lowest BCUT2D eigenvalue weighted by Gasteiger charge is -2.25. The fourth-order valence-corrected chi connectivity index (χ4v) is 6.23. The fraction of sp³-hybridized carbons (Fsp3) is 0.917. The van der Waals surface area contributed by atoms with Crippen molar-refractivity contribution in [3.05, 3.63) is 12.2 Å². The Balaban J connectivity index is 4.24. The van der Waals surface area contributed by atoms with E-state index in [1.54, 1.807) is 0 Å². The summed E-state index contributed by atoms with van der Waals surface area (Å²) in [5, 5.41) is 13.7. The highest BCUT2D eigenvalue weighted by Gasteiger charge is 2.27. The molecule has 0 aliphatic heterocycles. The number of nitrogens with two attached hydrogens (primary N) is 1. The number of hydrogen-bond acceptors (Lipinski definition) is 6. The largest absolute Gasteiger partial charge is 0.472 e. The zero-order valence-electron chi connectivity index (χ0n) is 29.4. The molecule has 268 valence electrons. The van der Waals surface area contributed by atoms with Crippen LogP contribution in [0.1, 0.15) is 181 Å². The van der Waals surface area contributed by atoms with Crippen molar-refractivity contribution in [3.63, 3.8) is 0 Å². The maximum absolute atomic E-state index is 12.7. The maximum atomic E-state index is 12.7. The quantitative estimate of drug-likeness (QED) is 0.0302. The Kier molecular flexibility index (Phi) is 32.6. The first kappa shape index (κ1) is 44.2. The summed E-state index contributed by atoms with van der Waals surface area (Å²) < 4.78 is 22.1. The highest BCUT2D eigenvalue weighted by Crippen LogP contribution is 2.43. The van der Waals surface area contributed by atoms with Crippen LogP contribution in [0.2, 0.25) is 0 Å². The lowest BCUT2D eigenvalue weighted by molar-refractivity contribution is -0.123. The Bertz CT molecular complexity index is 724. The highest BCUT2D eigenvalue weighted by atomic mass is 31.2. The Labute approximate surface area is 277 Å². The maximum Gasteiger partial charge on any atom is 0.472 e. The summed E-state index contributed by atoms with van der Waals surface area (Å²) in [5.41, 5.74) is 5.35. The molecule has 0 radical (unpaired) electrons. The van der Waals surface area contributed by atoms with Crippen LogP contribution in [0.15, 0.2) is 12.2 Å². The standard InChI is InChI=1S/C36H73N2O6P/c1-3-5-7-9-11-13-15-16-17-18-20-21-23-25-27-29-35(39)34(33-44-45(41,42)43-32-31-37)38-36(40)30-28-26-24-22-19-14-12-10-8-6-4-2/h10,12,34-35,39H,3-9,11,13-33,37H2,1-2H3,(H,38,40)(H,41,42)/b12-10-. The molecule has 8 nitrogen and oxygen atoms in total. The lowest BCUT2D eigenvalue weighted by atomic mass is 10.0. The van der Waals surface area contributed by atoms with Gasteiger partial charge in [-0.15, -0.1) is 0 Å². The van der Waals surface area contributed by atoms with Gasteiger partial charge in [0, 0.05) is 13.0 Å². The summed E-state index contributed by atoms with van der Waals surface area (Å²) >= 11 is 0. The molecule has 3 unspecified atom stereocenters. The van der Waals surface area contributed by atoms with Gasteiger partial charge in [-0.05, 0) is 32.1 Å². The molecule has 3 atom stereocenters. The Morgan fingerprint density at radius 2 is 1.18 bits per heavy atom. The van der Waals surface area contributed by atoms with E-state index in [1.807, 2.05) is 0 Å². The van der Waals surface area contributed by atoms with Crippen LogP contribution >= 0.6 is 7.82 Å². The number of carbonyl (C=O) groups is 1. The molecule has 0 aliphatic carbocycles. The summed E-state index contributed by atoms with van der Waals surface area (Å²) in [5.74, 6) is -0.173. The molecule has 5 N–H and O–H groups in total. The van der Waals surface area contributed by atoms with Crippen molar-refractivity contribution in [3.8, 4) is 0 Å². The molecule has 9 heteroatoms. The number of aliphatic hydroxyl groups excluding tert-OH is 1. The molecule has 0 saturated carbocycles. The predicted molar refractivity (Wildman–Crippen MR) is 189 cm³/mol. The monoisotopic (exact) mass is 661 g/mol. The molecule has 0 spiro atoms. The molecule has 0 aromatic carbocycles. The summed E-state index contributed by atoms with van der Waals surface area (Å²) in [4.78, 5) is 22.6. The van der Waals surface area contributed by atoms with E-state index in [0.717, 1.165) is 51.4 Å². The molecule has 0 fully saturated rings. The van der Waals surface area contributed by atoms with E-state index in [1.165, 1.54) is 103 Å². The van der Waals surface area contributed by atoms with E-state index >= 15 is 0 Å². The smallest absolute Gasteiger partial charge is 0.391 e. The molecule has 45 heavy (non-hydrogen) atoms. The number of hydrogen-bond donors (Lipinski definition) is 4. The third-order valence-electron chi connectivity index (χ3n) is 8.37. The van der Waals surface area contributed by atoms with Gasteiger partial charge in [-0.1, -0.05) is 154 Å². The predicted octanol–water partition coefficient (Wildman–Crippen LogP) is 9.66. The Morgan fingerprint density at radius 3 is 1.71 bits per heavy atom. The third-order valence-corrected chi connectivity index (χ3v) is 9.35. The van der Waals surface area contributed by atoms with Gasteiger partial charge in [0.2, 0.25) is 5.91 Å². The van der Waals surface area contributed by atoms with Crippen LogP contribution in [-0.4, -0.2) is 47.8 Å². The first-order chi connectivity index (χ1) is 21.9. The van der Waals surface area contributed by atoms with Crippen molar-refractivity contribution in [1.82, 2.24) is 5.32 Å². The van der Waals surface area contributed by atoms with Crippen molar-refractivity contribution in [2.24, 2.45) is 5.73 Å². The third kappa shape index (κ3) is 31.6. The number of phosphoric ester groups is 1. The van der Waals surface area contributed by atoms with Crippen molar-refractivity contribution < 1.29 is 28.4 Å². The minimum Gasteiger partial charge on any atom is -0.391 e. The van der Waals surface area contributed by atoms with Gasteiger partial charge in [-0.2, -0.15) is 0 Å². The van der Waals surface area contributed by atoms with E-state index in [9.17, 15) is 19.4 Å². The van der Waals surface area contributed by atoms with Crippen LogP contribution in [-0.2, 0) is 18.4 Å². The normalized spacial score (nSPS) is 14.5. The number of rotatable bonds is 35. The lowest BCUT2D eigenvalue weighted by Crippen LogP contribution is -2.46. The number of aliphatic hydroxyl groups is 1. The second kappa shape index (κ2) is 33.2.